The lowest BCUT2D eigenvalue weighted by Crippen LogP contribution is -2.46. The molecule has 2 amide bonds. The van der Waals surface area contributed by atoms with Crippen molar-refractivity contribution in [2.75, 3.05) is 7.05 Å². The monoisotopic (exact) mass is 169 g/mol. The van der Waals surface area contributed by atoms with Gasteiger partial charge in [0.2, 0.25) is 0 Å². The summed E-state index contributed by atoms with van der Waals surface area (Å²) < 4.78 is 0. The molecule has 0 aromatic carbocycles. The Hall–Kier alpha value is -1.06. The van der Waals surface area contributed by atoms with Crippen LogP contribution in [-0.4, -0.2) is 29.4 Å². The fraction of sp³-hybridized carbons (Fsp3) is 0.750. The highest BCUT2D eigenvalue weighted by Crippen LogP contribution is 2.27. The van der Waals surface area contributed by atoms with Gasteiger partial charge in [-0.15, -0.1) is 0 Å². The second kappa shape index (κ2) is 2.77. The van der Waals surface area contributed by atoms with Gasteiger partial charge in [-0.05, 0) is 12.8 Å². The van der Waals surface area contributed by atoms with Crippen LogP contribution in [0.4, 0.5) is 4.79 Å². The molecule has 0 spiro atoms. The van der Waals surface area contributed by atoms with Crippen molar-refractivity contribution in [2.45, 2.75) is 32.2 Å². The highest BCUT2D eigenvalue weighted by atomic mass is 16.2. The third-order valence-corrected chi connectivity index (χ3v) is 2.81. The van der Waals surface area contributed by atoms with E-state index in [0.717, 1.165) is 12.8 Å². The van der Waals surface area contributed by atoms with Crippen molar-refractivity contribution < 1.29 is 4.79 Å². The van der Waals surface area contributed by atoms with Gasteiger partial charge in [0, 0.05) is 7.05 Å². The van der Waals surface area contributed by atoms with Crippen LogP contribution in [0.5, 0.6) is 0 Å². The summed E-state index contributed by atoms with van der Waals surface area (Å²) in [5.74, 6) is 0.333. The van der Waals surface area contributed by atoms with Crippen LogP contribution in [0.25, 0.3) is 0 Å². The summed E-state index contributed by atoms with van der Waals surface area (Å²) >= 11 is 0. The van der Waals surface area contributed by atoms with Gasteiger partial charge < -0.3 is 4.90 Å². The van der Waals surface area contributed by atoms with E-state index < -0.39 is 0 Å². The van der Waals surface area contributed by atoms with Crippen LogP contribution in [0.3, 0.4) is 0 Å². The van der Waals surface area contributed by atoms with Gasteiger partial charge in [0.25, 0.3) is 0 Å². The highest BCUT2D eigenvalue weighted by molar-refractivity contribution is 6.08. The van der Waals surface area contributed by atoms with Crippen LogP contribution < -0.4 is 5.32 Å². The number of hydrogen-bond donors (Lipinski definition) is 2. The summed E-state index contributed by atoms with van der Waals surface area (Å²) in [6, 6.07) is -0.163. The van der Waals surface area contributed by atoms with E-state index in [1.165, 1.54) is 0 Å². The number of nitrogens with one attached hydrogen (secondary N) is 2. The van der Waals surface area contributed by atoms with Crippen molar-refractivity contribution in [1.82, 2.24) is 10.2 Å². The first-order valence-electron chi connectivity index (χ1n) is 4.22. The van der Waals surface area contributed by atoms with Crippen molar-refractivity contribution in [2.24, 2.45) is 0 Å². The van der Waals surface area contributed by atoms with E-state index in [0.29, 0.717) is 5.84 Å². The minimum atomic E-state index is -0.378. The van der Waals surface area contributed by atoms with Crippen molar-refractivity contribution >= 4 is 11.9 Å². The van der Waals surface area contributed by atoms with Crippen molar-refractivity contribution in [1.29, 1.82) is 5.41 Å². The lowest BCUT2D eigenvalue weighted by molar-refractivity contribution is 0.187. The zero-order chi connectivity index (χ0) is 9.35. The fourth-order valence-corrected chi connectivity index (χ4v) is 1.75. The number of rotatable bonds is 2. The van der Waals surface area contributed by atoms with Gasteiger partial charge in [-0.1, -0.05) is 13.8 Å². The van der Waals surface area contributed by atoms with Gasteiger partial charge >= 0.3 is 6.03 Å². The molecular formula is C8H15N3O. The average Bonchev–Trinajstić information content (AvgIpc) is 2.26. The molecule has 0 aromatic heterocycles. The SMILES string of the molecule is CCC1(CC)C(=N)NC(=O)N1C. The predicted molar refractivity (Wildman–Crippen MR) is 47.3 cm³/mol. The number of hydrogen-bond acceptors (Lipinski definition) is 2. The maximum absolute atomic E-state index is 11.2. The summed E-state index contributed by atoms with van der Waals surface area (Å²) in [4.78, 5) is 12.8. The van der Waals surface area contributed by atoms with Crippen LogP contribution in [0.15, 0.2) is 0 Å². The van der Waals surface area contributed by atoms with E-state index in [2.05, 4.69) is 5.32 Å². The molecule has 1 fully saturated rings. The van der Waals surface area contributed by atoms with Crippen LogP contribution >= 0.6 is 0 Å². The van der Waals surface area contributed by atoms with Crippen LogP contribution in [0.2, 0.25) is 0 Å². The lowest BCUT2D eigenvalue weighted by Gasteiger charge is -2.31. The van der Waals surface area contributed by atoms with Crippen LogP contribution in [0, 0.1) is 5.41 Å². The van der Waals surface area contributed by atoms with Crippen molar-refractivity contribution in [3.05, 3.63) is 0 Å². The zero-order valence-corrected chi connectivity index (χ0v) is 7.77. The lowest BCUT2D eigenvalue weighted by atomic mass is 9.91. The topological polar surface area (TPSA) is 56.2 Å². The molecule has 1 heterocycles. The molecule has 1 aliphatic heterocycles. The van der Waals surface area contributed by atoms with E-state index in [4.69, 9.17) is 5.41 Å². The predicted octanol–water partition coefficient (Wildman–Crippen LogP) is 1.18. The van der Waals surface area contributed by atoms with Crippen molar-refractivity contribution in [3.63, 3.8) is 0 Å². The minimum absolute atomic E-state index is 0.163. The standard InChI is InChI=1S/C8H15N3O/c1-4-8(5-2)6(9)10-7(12)11(8)3/h4-5H2,1-3H3,(H2,9,10,12). The Balaban J connectivity index is 3.01. The molecule has 1 rings (SSSR count). The van der Waals surface area contributed by atoms with E-state index in [-0.39, 0.29) is 11.6 Å². The Kier molecular flexibility index (Phi) is 2.08. The Morgan fingerprint density at radius 1 is 1.50 bits per heavy atom. The summed E-state index contributed by atoms with van der Waals surface area (Å²) in [5.41, 5.74) is -0.378. The Morgan fingerprint density at radius 3 is 2.17 bits per heavy atom. The normalized spacial score (nSPS) is 21.4. The molecule has 12 heavy (non-hydrogen) atoms. The molecule has 0 aliphatic carbocycles. The quantitative estimate of drug-likeness (QED) is 0.640. The Bertz CT molecular complexity index is 220. The van der Waals surface area contributed by atoms with Gasteiger partial charge in [-0.2, -0.15) is 0 Å². The Labute approximate surface area is 72.4 Å². The Morgan fingerprint density at radius 2 is 2.00 bits per heavy atom. The maximum atomic E-state index is 11.2. The minimum Gasteiger partial charge on any atom is -0.315 e. The molecule has 1 aliphatic rings. The molecule has 1 saturated heterocycles. The summed E-state index contributed by atoms with van der Waals surface area (Å²) in [5, 5.41) is 10.2. The van der Waals surface area contributed by atoms with E-state index in [1.807, 2.05) is 13.8 Å². The van der Waals surface area contributed by atoms with Gasteiger partial charge in [0.05, 0.1) is 0 Å². The van der Waals surface area contributed by atoms with E-state index in [9.17, 15) is 4.79 Å². The second-order valence-corrected chi connectivity index (χ2v) is 3.10. The molecule has 0 unspecified atom stereocenters. The molecule has 4 nitrogen and oxygen atoms in total. The summed E-state index contributed by atoms with van der Waals surface area (Å²) in [6.45, 7) is 3.99. The van der Waals surface area contributed by atoms with Crippen molar-refractivity contribution in [3.8, 4) is 0 Å². The maximum Gasteiger partial charge on any atom is 0.323 e. The number of urea groups is 1. The first-order valence-corrected chi connectivity index (χ1v) is 4.22. The number of carbonyl (C=O) groups excluding carboxylic acids is 1. The molecule has 0 radical (unpaired) electrons. The van der Waals surface area contributed by atoms with Gasteiger partial charge in [0.15, 0.2) is 0 Å². The smallest absolute Gasteiger partial charge is 0.315 e. The molecule has 4 heteroatoms. The molecular weight excluding hydrogens is 154 g/mol. The van der Waals surface area contributed by atoms with E-state index >= 15 is 0 Å². The first kappa shape index (κ1) is 9.03. The third kappa shape index (κ3) is 0.906. The van der Waals surface area contributed by atoms with E-state index in [1.54, 1.807) is 11.9 Å². The zero-order valence-electron chi connectivity index (χ0n) is 7.77. The number of likely N-dealkylation sites (N-methyl/N-ethyl adjacent to an activating group) is 1. The van der Waals surface area contributed by atoms with Gasteiger partial charge in [-0.3, -0.25) is 10.7 Å². The first-order chi connectivity index (χ1) is 5.58. The number of amides is 2. The summed E-state index contributed by atoms with van der Waals surface area (Å²) in [6.07, 6.45) is 1.58. The molecule has 0 saturated carbocycles. The molecule has 0 aromatic rings. The van der Waals surface area contributed by atoms with Crippen LogP contribution in [0.1, 0.15) is 26.7 Å². The van der Waals surface area contributed by atoms with Crippen LogP contribution in [-0.2, 0) is 0 Å². The molecule has 0 bridgehead atoms. The molecule has 2 N–H and O–H groups in total. The fourth-order valence-electron chi connectivity index (χ4n) is 1.75. The number of amidine groups is 1. The number of carbonyl (C=O) groups is 1. The average molecular weight is 169 g/mol. The third-order valence-electron chi connectivity index (χ3n) is 2.81. The van der Waals surface area contributed by atoms with Gasteiger partial charge in [0.1, 0.15) is 11.4 Å². The number of nitrogens with zero attached hydrogens (tertiary/aromatic N) is 1. The largest absolute Gasteiger partial charge is 0.323 e. The highest BCUT2D eigenvalue weighted by Gasteiger charge is 2.45. The van der Waals surface area contributed by atoms with Gasteiger partial charge in [-0.25, -0.2) is 4.79 Å². The molecule has 68 valence electrons. The second-order valence-electron chi connectivity index (χ2n) is 3.10. The summed E-state index contributed by atoms with van der Waals surface area (Å²) in [7, 11) is 1.74. The molecule has 0 atom stereocenters.